The second-order valence-electron chi connectivity index (χ2n) is 6.11. The van der Waals surface area contributed by atoms with Crippen LogP contribution in [0.2, 0.25) is 0 Å². The van der Waals surface area contributed by atoms with E-state index in [9.17, 15) is 9.59 Å². The average Bonchev–Trinajstić information content (AvgIpc) is 3.26. The summed E-state index contributed by atoms with van der Waals surface area (Å²) >= 11 is 1.51. The summed E-state index contributed by atoms with van der Waals surface area (Å²) in [4.78, 5) is 30.4. The molecule has 3 aromatic rings. The number of aromatic amines is 1. The van der Waals surface area contributed by atoms with Crippen LogP contribution in [-0.2, 0) is 33.7 Å². The summed E-state index contributed by atoms with van der Waals surface area (Å²) in [6, 6.07) is 11.9. The molecule has 0 saturated carbocycles. The molecule has 4 rings (SSSR count). The maximum atomic E-state index is 12.4. The summed E-state index contributed by atoms with van der Waals surface area (Å²) in [5, 5.41) is 3.07. The van der Waals surface area contributed by atoms with E-state index in [0.29, 0.717) is 13.1 Å². The van der Waals surface area contributed by atoms with Crippen molar-refractivity contribution in [2.45, 2.75) is 19.4 Å². The predicted octanol–water partition coefficient (Wildman–Crippen LogP) is 2.90. The second kappa shape index (κ2) is 6.72. The Bertz CT molecular complexity index is 914. The lowest BCUT2D eigenvalue weighted by Crippen LogP contribution is -2.38. The first-order valence-electron chi connectivity index (χ1n) is 8.25. The number of carbonyl (C=O) groups excluding carboxylic acids is 2. The fourth-order valence-corrected chi connectivity index (χ4v) is 3.91. The zero-order valence-corrected chi connectivity index (χ0v) is 14.5. The van der Waals surface area contributed by atoms with Gasteiger partial charge in [0.1, 0.15) is 0 Å². The van der Waals surface area contributed by atoms with Gasteiger partial charge in [-0.2, -0.15) is 0 Å². The Morgan fingerprint density at radius 2 is 2.08 bits per heavy atom. The van der Waals surface area contributed by atoms with E-state index in [4.69, 9.17) is 4.74 Å². The number of aromatic nitrogens is 1. The van der Waals surface area contributed by atoms with Crippen molar-refractivity contribution < 1.29 is 14.3 Å². The highest BCUT2D eigenvalue weighted by Crippen LogP contribution is 2.27. The number of rotatable bonds is 4. The number of ether oxygens (including phenoxy) is 1. The first-order chi connectivity index (χ1) is 12.2. The van der Waals surface area contributed by atoms with E-state index in [0.717, 1.165) is 22.2 Å². The highest BCUT2D eigenvalue weighted by molar-refractivity contribution is 7.10. The number of benzene rings is 1. The summed E-state index contributed by atoms with van der Waals surface area (Å²) in [7, 11) is 0. The molecule has 0 radical (unpaired) electrons. The molecule has 1 N–H and O–H groups in total. The molecule has 3 heterocycles. The molecule has 6 heteroatoms. The van der Waals surface area contributed by atoms with Gasteiger partial charge >= 0.3 is 5.97 Å². The third-order valence-corrected chi connectivity index (χ3v) is 5.37. The zero-order valence-electron chi connectivity index (χ0n) is 13.7. The van der Waals surface area contributed by atoms with Crippen molar-refractivity contribution in [1.82, 2.24) is 9.88 Å². The van der Waals surface area contributed by atoms with Gasteiger partial charge in [0.2, 0.25) is 0 Å². The van der Waals surface area contributed by atoms with Crippen molar-refractivity contribution in [3.05, 3.63) is 57.9 Å². The first-order valence-corrected chi connectivity index (χ1v) is 9.13. The predicted molar refractivity (Wildman–Crippen MR) is 96.4 cm³/mol. The molecule has 0 unspecified atom stereocenters. The highest BCUT2D eigenvalue weighted by Gasteiger charge is 2.24. The van der Waals surface area contributed by atoms with Gasteiger partial charge in [-0.1, -0.05) is 24.3 Å². The molecule has 128 valence electrons. The SMILES string of the molecule is O=C(Cc1cccs1)OCC(=O)N1CCc2[nH]c3ccccc3c2C1. The number of thiophene rings is 1. The molecule has 0 spiro atoms. The second-order valence-corrected chi connectivity index (χ2v) is 7.14. The van der Waals surface area contributed by atoms with Crippen LogP contribution < -0.4 is 0 Å². The lowest BCUT2D eigenvalue weighted by atomic mass is 10.0. The molecule has 0 fully saturated rings. The van der Waals surface area contributed by atoms with E-state index in [1.807, 2.05) is 35.7 Å². The molecule has 1 amide bonds. The molecular formula is C19H18N2O3S. The largest absolute Gasteiger partial charge is 0.455 e. The van der Waals surface area contributed by atoms with E-state index in [-0.39, 0.29) is 24.9 Å². The normalized spacial score (nSPS) is 13.7. The van der Waals surface area contributed by atoms with E-state index < -0.39 is 0 Å². The summed E-state index contributed by atoms with van der Waals surface area (Å²) < 4.78 is 5.16. The van der Waals surface area contributed by atoms with Crippen LogP contribution in [0, 0.1) is 0 Å². The standard InChI is InChI=1S/C19H18N2O3S/c22-18(12-24-19(23)10-13-4-3-9-25-13)21-8-7-17-15(11-21)14-5-1-2-6-16(14)20-17/h1-6,9,20H,7-8,10-12H2. The molecule has 1 aliphatic heterocycles. The van der Waals surface area contributed by atoms with Crippen molar-refractivity contribution >= 4 is 34.1 Å². The first kappa shape index (κ1) is 15.9. The highest BCUT2D eigenvalue weighted by atomic mass is 32.1. The van der Waals surface area contributed by atoms with Crippen molar-refractivity contribution in [2.75, 3.05) is 13.2 Å². The van der Waals surface area contributed by atoms with Gasteiger partial charge in [0.05, 0.1) is 6.42 Å². The Morgan fingerprint density at radius 1 is 1.20 bits per heavy atom. The fourth-order valence-electron chi connectivity index (χ4n) is 3.22. The topological polar surface area (TPSA) is 62.4 Å². The molecule has 0 saturated heterocycles. The van der Waals surface area contributed by atoms with E-state index >= 15 is 0 Å². The maximum Gasteiger partial charge on any atom is 0.311 e. The summed E-state index contributed by atoms with van der Waals surface area (Å²) in [6.45, 7) is 1.00. The third kappa shape index (κ3) is 3.30. The van der Waals surface area contributed by atoms with Gasteiger partial charge in [0.15, 0.2) is 6.61 Å². The van der Waals surface area contributed by atoms with Crippen LogP contribution in [0.3, 0.4) is 0 Å². The van der Waals surface area contributed by atoms with Crippen molar-refractivity contribution in [2.24, 2.45) is 0 Å². The number of fused-ring (bicyclic) bond motifs is 3. The molecule has 1 aromatic carbocycles. The Morgan fingerprint density at radius 3 is 2.92 bits per heavy atom. The Labute approximate surface area is 149 Å². The minimum atomic E-state index is -0.361. The number of hydrogen-bond acceptors (Lipinski definition) is 4. The maximum absolute atomic E-state index is 12.4. The van der Waals surface area contributed by atoms with Crippen molar-refractivity contribution in [3.63, 3.8) is 0 Å². The van der Waals surface area contributed by atoms with Gasteiger partial charge in [-0.25, -0.2) is 0 Å². The molecule has 25 heavy (non-hydrogen) atoms. The van der Waals surface area contributed by atoms with Gasteiger partial charge in [0, 0.05) is 46.5 Å². The number of carbonyl (C=O) groups is 2. The number of para-hydroxylation sites is 1. The summed E-state index contributed by atoms with van der Waals surface area (Å²) in [5.41, 5.74) is 3.46. The summed E-state index contributed by atoms with van der Waals surface area (Å²) in [5.74, 6) is -0.504. The number of esters is 1. The van der Waals surface area contributed by atoms with Crippen LogP contribution in [0.1, 0.15) is 16.1 Å². The van der Waals surface area contributed by atoms with E-state index in [2.05, 4.69) is 11.1 Å². The van der Waals surface area contributed by atoms with Crippen molar-refractivity contribution in [1.29, 1.82) is 0 Å². The summed E-state index contributed by atoms with van der Waals surface area (Å²) in [6.07, 6.45) is 1.01. The van der Waals surface area contributed by atoms with Crippen LogP contribution in [0.4, 0.5) is 0 Å². The number of nitrogens with one attached hydrogen (secondary N) is 1. The lowest BCUT2D eigenvalue weighted by molar-refractivity contribution is -0.151. The van der Waals surface area contributed by atoms with Gasteiger partial charge in [-0.15, -0.1) is 11.3 Å². The minimum absolute atomic E-state index is 0.143. The molecule has 2 aromatic heterocycles. The molecule has 0 atom stereocenters. The van der Waals surface area contributed by atoms with Gasteiger partial charge in [-0.05, 0) is 17.5 Å². The molecular weight excluding hydrogens is 336 g/mol. The molecule has 5 nitrogen and oxygen atoms in total. The van der Waals surface area contributed by atoms with Crippen LogP contribution in [0.25, 0.3) is 10.9 Å². The fraction of sp³-hybridized carbons (Fsp3) is 0.263. The monoisotopic (exact) mass is 354 g/mol. The number of amides is 1. The number of H-pyrrole nitrogens is 1. The Hall–Kier alpha value is -2.60. The van der Waals surface area contributed by atoms with E-state index in [1.165, 1.54) is 22.6 Å². The minimum Gasteiger partial charge on any atom is -0.455 e. The van der Waals surface area contributed by atoms with E-state index in [1.54, 1.807) is 4.90 Å². The zero-order chi connectivity index (χ0) is 17.2. The van der Waals surface area contributed by atoms with Crippen LogP contribution in [0.15, 0.2) is 41.8 Å². The molecule has 0 bridgehead atoms. The van der Waals surface area contributed by atoms with Gasteiger partial charge in [-0.3, -0.25) is 9.59 Å². The van der Waals surface area contributed by atoms with Gasteiger partial charge in [0.25, 0.3) is 5.91 Å². The Kier molecular flexibility index (Phi) is 4.28. The van der Waals surface area contributed by atoms with Gasteiger partial charge < -0.3 is 14.6 Å². The van der Waals surface area contributed by atoms with Crippen molar-refractivity contribution in [3.8, 4) is 0 Å². The lowest BCUT2D eigenvalue weighted by Gasteiger charge is -2.27. The average molecular weight is 354 g/mol. The molecule has 1 aliphatic rings. The smallest absolute Gasteiger partial charge is 0.311 e. The quantitative estimate of drug-likeness (QED) is 0.733. The number of nitrogens with zero attached hydrogens (tertiary/aromatic N) is 1. The third-order valence-electron chi connectivity index (χ3n) is 4.49. The van der Waals surface area contributed by atoms with Crippen LogP contribution >= 0.6 is 11.3 Å². The molecule has 0 aliphatic carbocycles. The van der Waals surface area contributed by atoms with Crippen LogP contribution in [-0.4, -0.2) is 34.9 Å². The number of hydrogen-bond donors (Lipinski definition) is 1. The Balaban J connectivity index is 1.38. The van der Waals surface area contributed by atoms with Crippen LogP contribution in [0.5, 0.6) is 0 Å².